The van der Waals surface area contributed by atoms with Gasteiger partial charge < -0.3 is 4.74 Å². The number of ether oxygens (including phenoxy) is 1. The van der Waals surface area contributed by atoms with Gasteiger partial charge in [0.15, 0.2) is 6.29 Å². The second kappa shape index (κ2) is 6.05. The Kier molecular flexibility index (Phi) is 4.39. The molecule has 0 saturated heterocycles. The molecular formula is C14H16ClN3O2. The normalized spacial score (nSPS) is 10.6. The summed E-state index contributed by atoms with van der Waals surface area (Å²) in [5.74, 6) is 0.598. The van der Waals surface area contributed by atoms with Crippen LogP contribution in [0.5, 0.6) is 5.75 Å². The smallest absolute Gasteiger partial charge is 0.172 e. The van der Waals surface area contributed by atoms with Crippen molar-refractivity contribution in [3.63, 3.8) is 0 Å². The first-order valence-corrected chi connectivity index (χ1v) is 6.74. The van der Waals surface area contributed by atoms with E-state index in [0.717, 1.165) is 29.7 Å². The molecule has 1 heterocycles. The summed E-state index contributed by atoms with van der Waals surface area (Å²) in [6, 6.07) is 3.62. The molecule has 0 N–H and O–H groups in total. The topological polar surface area (TPSA) is 57.0 Å². The van der Waals surface area contributed by atoms with Crippen LogP contribution in [0.1, 0.15) is 35.1 Å². The Morgan fingerprint density at radius 1 is 1.45 bits per heavy atom. The SMILES string of the molecule is CCCc1c(C=O)nnn1-c1cc(C)c(Cl)cc1OC. The van der Waals surface area contributed by atoms with Crippen molar-refractivity contribution in [3.05, 3.63) is 34.1 Å². The summed E-state index contributed by atoms with van der Waals surface area (Å²) in [4.78, 5) is 11.1. The molecule has 0 bridgehead atoms. The minimum absolute atomic E-state index is 0.363. The molecule has 0 aliphatic heterocycles. The van der Waals surface area contributed by atoms with Crippen LogP contribution < -0.4 is 4.74 Å². The number of benzene rings is 1. The molecule has 1 aromatic carbocycles. The lowest BCUT2D eigenvalue weighted by molar-refractivity contribution is 0.111. The van der Waals surface area contributed by atoms with E-state index in [4.69, 9.17) is 16.3 Å². The number of methoxy groups -OCH3 is 1. The van der Waals surface area contributed by atoms with E-state index < -0.39 is 0 Å². The number of rotatable bonds is 5. The van der Waals surface area contributed by atoms with Crippen LogP contribution in [-0.2, 0) is 6.42 Å². The van der Waals surface area contributed by atoms with Crippen LogP contribution >= 0.6 is 11.6 Å². The number of nitrogens with zero attached hydrogens (tertiary/aromatic N) is 3. The van der Waals surface area contributed by atoms with Gasteiger partial charge in [0.05, 0.1) is 12.8 Å². The van der Waals surface area contributed by atoms with Crippen molar-refractivity contribution in [3.8, 4) is 11.4 Å². The Bertz CT molecular complexity index is 638. The van der Waals surface area contributed by atoms with Crippen molar-refractivity contribution < 1.29 is 9.53 Å². The molecule has 0 atom stereocenters. The lowest BCUT2D eigenvalue weighted by Gasteiger charge is -2.12. The molecule has 0 aliphatic rings. The summed E-state index contributed by atoms with van der Waals surface area (Å²) in [5.41, 5.74) is 2.79. The minimum Gasteiger partial charge on any atom is -0.494 e. The highest BCUT2D eigenvalue weighted by atomic mass is 35.5. The number of hydrogen-bond acceptors (Lipinski definition) is 4. The van der Waals surface area contributed by atoms with Gasteiger partial charge in [0, 0.05) is 11.1 Å². The predicted octanol–water partition coefficient (Wildman–Crippen LogP) is 3.00. The van der Waals surface area contributed by atoms with Crippen LogP contribution in [-0.4, -0.2) is 28.4 Å². The Labute approximate surface area is 122 Å². The third kappa shape index (κ3) is 2.54. The summed E-state index contributed by atoms with van der Waals surface area (Å²) in [7, 11) is 1.57. The molecule has 5 nitrogen and oxygen atoms in total. The maximum atomic E-state index is 11.1. The van der Waals surface area contributed by atoms with Crippen molar-refractivity contribution in [2.24, 2.45) is 0 Å². The predicted molar refractivity (Wildman–Crippen MR) is 77.0 cm³/mol. The average molecular weight is 294 g/mol. The number of aldehydes is 1. The second-order valence-electron chi connectivity index (χ2n) is 4.47. The fourth-order valence-electron chi connectivity index (χ4n) is 2.05. The third-order valence-corrected chi connectivity index (χ3v) is 3.49. The van der Waals surface area contributed by atoms with Crippen molar-refractivity contribution in [2.45, 2.75) is 26.7 Å². The zero-order valence-corrected chi connectivity index (χ0v) is 12.4. The van der Waals surface area contributed by atoms with Gasteiger partial charge in [-0.3, -0.25) is 4.79 Å². The lowest BCUT2D eigenvalue weighted by atomic mass is 10.1. The highest BCUT2D eigenvalue weighted by Gasteiger charge is 2.17. The Morgan fingerprint density at radius 3 is 2.80 bits per heavy atom. The average Bonchev–Trinajstić information content (AvgIpc) is 2.84. The van der Waals surface area contributed by atoms with E-state index in [9.17, 15) is 4.79 Å². The molecule has 0 unspecified atom stereocenters. The first-order valence-electron chi connectivity index (χ1n) is 6.36. The molecule has 0 aliphatic carbocycles. The van der Waals surface area contributed by atoms with Gasteiger partial charge in [0.1, 0.15) is 17.1 Å². The van der Waals surface area contributed by atoms with Crippen LogP contribution in [0.2, 0.25) is 5.02 Å². The fourth-order valence-corrected chi connectivity index (χ4v) is 2.20. The monoisotopic (exact) mass is 293 g/mol. The zero-order valence-electron chi connectivity index (χ0n) is 11.7. The van der Waals surface area contributed by atoms with Gasteiger partial charge in [0.25, 0.3) is 0 Å². The van der Waals surface area contributed by atoms with E-state index in [1.165, 1.54) is 0 Å². The minimum atomic E-state index is 0.363. The fraction of sp³-hybridized carbons (Fsp3) is 0.357. The van der Waals surface area contributed by atoms with Gasteiger partial charge in [-0.1, -0.05) is 30.2 Å². The molecule has 0 fully saturated rings. The summed E-state index contributed by atoms with van der Waals surface area (Å²) in [5, 5.41) is 8.60. The Morgan fingerprint density at radius 2 is 2.20 bits per heavy atom. The molecule has 0 amide bonds. The number of aryl methyl sites for hydroxylation is 1. The highest BCUT2D eigenvalue weighted by Crippen LogP contribution is 2.30. The standard InChI is InChI=1S/C14H16ClN3O2/c1-4-5-12-11(8-19)16-17-18(12)13-6-9(2)10(15)7-14(13)20-3/h6-8H,4-5H2,1-3H3. The molecule has 0 saturated carbocycles. The lowest BCUT2D eigenvalue weighted by Crippen LogP contribution is -2.06. The van der Waals surface area contributed by atoms with E-state index in [1.807, 2.05) is 19.9 Å². The van der Waals surface area contributed by atoms with Crippen molar-refractivity contribution >= 4 is 17.9 Å². The van der Waals surface area contributed by atoms with Gasteiger partial charge in [-0.05, 0) is 25.0 Å². The van der Waals surface area contributed by atoms with Crippen LogP contribution in [0.15, 0.2) is 12.1 Å². The first-order chi connectivity index (χ1) is 9.62. The number of halogens is 1. The number of aromatic nitrogens is 3. The van der Waals surface area contributed by atoms with Crippen molar-refractivity contribution in [1.82, 2.24) is 15.0 Å². The maximum absolute atomic E-state index is 11.1. The highest BCUT2D eigenvalue weighted by molar-refractivity contribution is 6.31. The molecule has 2 rings (SSSR count). The molecule has 2 aromatic rings. The number of carbonyl (C=O) groups excluding carboxylic acids is 1. The third-order valence-electron chi connectivity index (χ3n) is 3.08. The summed E-state index contributed by atoms with van der Waals surface area (Å²) in [6.07, 6.45) is 2.33. The van der Waals surface area contributed by atoms with Crippen LogP contribution in [0, 0.1) is 6.92 Å². The zero-order chi connectivity index (χ0) is 14.7. The van der Waals surface area contributed by atoms with Gasteiger partial charge >= 0.3 is 0 Å². The van der Waals surface area contributed by atoms with Crippen molar-refractivity contribution in [2.75, 3.05) is 7.11 Å². The van der Waals surface area contributed by atoms with Gasteiger partial charge in [0.2, 0.25) is 0 Å². The molecule has 106 valence electrons. The first kappa shape index (κ1) is 14.5. The molecule has 0 spiro atoms. The van der Waals surface area contributed by atoms with E-state index in [-0.39, 0.29) is 0 Å². The quantitative estimate of drug-likeness (QED) is 0.795. The van der Waals surface area contributed by atoms with Crippen LogP contribution in [0.3, 0.4) is 0 Å². The van der Waals surface area contributed by atoms with Crippen LogP contribution in [0.25, 0.3) is 5.69 Å². The summed E-state index contributed by atoms with van der Waals surface area (Å²) >= 11 is 6.10. The maximum Gasteiger partial charge on any atom is 0.172 e. The summed E-state index contributed by atoms with van der Waals surface area (Å²) in [6.45, 7) is 3.94. The van der Waals surface area contributed by atoms with Gasteiger partial charge in [-0.25, -0.2) is 4.68 Å². The number of carbonyl (C=O) groups is 1. The molecule has 0 radical (unpaired) electrons. The molecular weight excluding hydrogens is 278 g/mol. The largest absolute Gasteiger partial charge is 0.494 e. The summed E-state index contributed by atoms with van der Waals surface area (Å²) < 4.78 is 7.00. The second-order valence-corrected chi connectivity index (χ2v) is 4.88. The molecule has 6 heteroatoms. The van der Waals surface area contributed by atoms with E-state index in [0.29, 0.717) is 22.9 Å². The molecule has 1 aromatic heterocycles. The van der Waals surface area contributed by atoms with Crippen molar-refractivity contribution in [1.29, 1.82) is 0 Å². The van der Waals surface area contributed by atoms with Gasteiger partial charge in [-0.2, -0.15) is 0 Å². The van der Waals surface area contributed by atoms with Gasteiger partial charge in [-0.15, -0.1) is 5.10 Å². The van der Waals surface area contributed by atoms with E-state index >= 15 is 0 Å². The van der Waals surface area contributed by atoms with E-state index in [1.54, 1.807) is 17.9 Å². The Balaban J connectivity index is 2.64. The Hall–Kier alpha value is -1.88. The molecule has 20 heavy (non-hydrogen) atoms. The van der Waals surface area contributed by atoms with E-state index in [2.05, 4.69) is 10.3 Å². The number of hydrogen-bond donors (Lipinski definition) is 0. The van der Waals surface area contributed by atoms with Crippen LogP contribution in [0.4, 0.5) is 0 Å².